The van der Waals surface area contributed by atoms with Gasteiger partial charge in [-0.15, -0.1) is 0 Å². The lowest BCUT2D eigenvalue weighted by Gasteiger charge is -2.26. The van der Waals surface area contributed by atoms with E-state index < -0.39 is 0 Å². The molecular weight excluding hydrogens is 234 g/mol. The first kappa shape index (κ1) is 14.3. The van der Waals surface area contributed by atoms with Crippen LogP contribution in [0.5, 0.6) is 0 Å². The van der Waals surface area contributed by atoms with Gasteiger partial charge in [0.15, 0.2) is 0 Å². The Morgan fingerprint density at radius 2 is 2.12 bits per heavy atom. The Kier molecular flexibility index (Phi) is 5.72. The fraction of sp³-hybridized carbons (Fsp3) is 0.615. The molecule has 0 aliphatic carbocycles. The second kappa shape index (κ2) is 6.82. The average molecular weight is 256 g/mol. The van der Waals surface area contributed by atoms with Gasteiger partial charge in [0, 0.05) is 24.5 Å². The molecule has 0 saturated heterocycles. The summed E-state index contributed by atoms with van der Waals surface area (Å²) in [6, 6.07) is 4.32. The van der Waals surface area contributed by atoms with Crippen LogP contribution in [0.15, 0.2) is 18.3 Å². The molecule has 0 saturated carbocycles. The summed E-state index contributed by atoms with van der Waals surface area (Å²) in [7, 11) is 4.24. The molecule has 0 aliphatic rings. The van der Waals surface area contributed by atoms with Gasteiger partial charge in [-0.25, -0.2) is 4.98 Å². The largest absolute Gasteiger partial charge is 0.383 e. The Balaban J connectivity index is 2.51. The number of rotatable bonds is 6. The molecule has 1 unspecified atom stereocenters. The van der Waals surface area contributed by atoms with Gasteiger partial charge in [-0.1, -0.05) is 25.4 Å². The second-order valence-corrected chi connectivity index (χ2v) is 5.38. The van der Waals surface area contributed by atoms with Crippen molar-refractivity contribution in [2.24, 2.45) is 5.92 Å². The first-order valence-corrected chi connectivity index (χ1v) is 6.38. The molecule has 0 radical (unpaired) electrons. The summed E-state index contributed by atoms with van der Waals surface area (Å²) in [4.78, 5) is 6.23. The number of anilines is 1. The van der Waals surface area contributed by atoms with Gasteiger partial charge < -0.3 is 10.2 Å². The standard InChI is InChI=1S/C13H22ClN3/c1-10(2)7-12(17(3)4)9-16-11-5-6-15-13(14)8-11/h5-6,8,10,12H,7,9H2,1-4H3,(H,15,16). The summed E-state index contributed by atoms with van der Waals surface area (Å²) in [6.07, 6.45) is 2.90. The summed E-state index contributed by atoms with van der Waals surface area (Å²) in [5.41, 5.74) is 1.03. The van der Waals surface area contributed by atoms with E-state index in [4.69, 9.17) is 11.6 Å². The van der Waals surface area contributed by atoms with Crippen LogP contribution < -0.4 is 5.32 Å². The minimum absolute atomic E-state index is 0.528. The fourth-order valence-corrected chi connectivity index (χ4v) is 1.94. The first-order chi connectivity index (χ1) is 7.99. The predicted molar refractivity (Wildman–Crippen MR) is 74.7 cm³/mol. The van der Waals surface area contributed by atoms with Gasteiger partial charge in [-0.2, -0.15) is 0 Å². The molecule has 1 atom stereocenters. The fourth-order valence-electron chi connectivity index (χ4n) is 1.77. The maximum absolute atomic E-state index is 5.85. The topological polar surface area (TPSA) is 28.2 Å². The molecule has 1 N–H and O–H groups in total. The number of hydrogen-bond donors (Lipinski definition) is 1. The van der Waals surface area contributed by atoms with E-state index in [-0.39, 0.29) is 0 Å². The van der Waals surface area contributed by atoms with Crippen molar-refractivity contribution in [1.82, 2.24) is 9.88 Å². The van der Waals surface area contributed by atoms with E-state index in [1.165, 1.54) is 6.42 Å². The van der Waals surface area contributed by atoms with Crippen LogP contribution in [-0.4, -0.2) is 36.6 Å². The summed E-state index contributed by atoms with van der Waals surface area (Å²) in [6.45, 7) is 5.42. The third kappa shape index (κ3) is 5.37. The van der Waals surface area contributed by atoms with Gasteiger partial charge >= 0.3 is 0 Å². The van der Waals surface area contributed by atoms with E-state index in [2.05, 4.69) is 43.1 Å². The third-order valence-electron chi connectivity index (χ3n) is 2.74. The van der Waals surface area contributed by atoms with Crippen LogP contribution in [0.3, 0.4) is 0 Å². The lowest BCUT2D eigenvalue weighted by atomic mass is 10.0. The zero-order valence-corrected chi connectivity index (χ0v) is 11.8. The van der Waals surface area contributed by atoms with Gasteiger partial charge in [-0.3, -0.25) is 0 Å². The molecule has 0 aromatic carbocycles. The normalized spacial score (nSPS) is 13.1. The summed E-state index contributed by atoms with van der Waals surface area (Å²) < 4.78 is 0. The Morgan fingerprint density at radius 3 is 2.65 bits per heavy atom. The van der Waals surface area contributed by atoms with Crippen molar-refractivity contribution in [3.8, 4) is 0 Å². The molecule has 0 aliphatic heterocycles. The van der Waals surface area contributed by atoms with E-state index in [0.717, 1.165) is 12.2 Å². The summed E-state index contributed by atoms with van der Waals surface area (Å²) in [5.74, 6) is 0.699. The number of halogens is 1. The highest BCUT2D eigenvalue weighted by Crippen LogP contribution is 2.14. The van der Waals surface area contributed by atoms with Crippen LogP contribution >= 0.6 is 11.6 Å². The Labute approximate surface area is 109 Å². The minimum atomic E-state index is 0.528. The zero-order chi connectivity index (χ0) is 12.8. The molecule has 0 spiro atoms. The van der Waals surface area contributed by atoms with Gasteiger partial charge in [0.05, 0.1) is 0 Å². The second-order valence-electron chi connectivity index (χ2n) is 5.00. The maximum Gasteiger partial charge on any atom is 0.131 e. The van der Waals surface area contributed by atoms with Gasteiger partial charge in [-0.05, 0) is 38.6 Å². The molecule has 1 heterocycles. The van der Waals surface area contributed by atoms with Crippen molar-refractivity contribution in [3.63, 3.8) is 0 Å². The summed E-state index contributed by atoms with van der Waals surface area (Å²) >= 11 is 5.85. The Morgan fingerprint density at radius 1 is 1.41 bits per heavy atom. The lowest BCUT2D eigenvalue weighted by molar-refractivity contribution is 0.266. The van der Waals surface area contributed by atoms with Crippen LogP contribution in [0.1, 0.15) is 20.3 Å². The van der Waals surface area contributed by atoms with E-state index in [9.17, 15) is 0 Å². The van der Waals surface area contributed by atoms with Crippen molar-refractivity contribution in [2.75, 3.05) is 26.0 Å². The molecule has 0 fully saturated rings. The Bertz CT molecular complexity index is 339. The predicted octanol–water partition coefficient (Wildman–Crippen LogP) is 3.12. The molecule has 96 valence electrons. The number of nitrogens with one attached hydrogen (secondary N) is 1. The highest BCUT2D eigenvalue weighted by molar-refractivity contribution is 6.29. The van der Waals surface area contributed by atoms with Crippen molar-refractivity contribution < 1.29 is 0 Å². The molecule has 1 rings (SSSR count). The summed E-state index contributed by atoms with van der Waals surface area (Å²) in [5, 5.41) is 3.93. The smallest absolute Gasteiger partial charge is 0.131 e. The van der Waals surface area contributed by atoms with Crippen LogP contribution in [-0.2, 0) is 0 Å². The molecule has 1 aromatic heterocycles. The Hall–Kier alpha value is -0.800. The monoisotopic (exact) mass is 255 g/mol. The SMILES string of the molecule is CC(C)CC(CNc1ccnc(Cl)c1)N(C)C. The molecule has 0 amide bonds. The highest BCUT2D eigenvalue weighted by atomic mass is 35.5. The van der Waals surface area contributed by atoms with E-state index in [0.29, 0.717) is 17.1 Å². The third-order valence-corrected chi connectivity index (χ3v) is 2.95. The number of pyridine rings is 1. The van der Waals surface area contributed by atoms with Crippen LogP contribution in [0.4, 0.5) is 5.69 Å². The van der Waals surface area contributed by atoms with Crippen molar-refractivity contribution in [1.29, 1.82) is 0 Å². The van der Waals surface area contributed by atoms with Crippen molar-refractivity contribution >= 4 is 17.3 Å². The van der Waals surface area contributed by atoms with Gasteiger partial charge in [0.25, 0.3) is 0 Å². The quantitative estimate of drug-likeness (QED) is 0.792. The van der Waals surface area contributed by atoms with Crippen LogP contribution in [0, 0.1) is 5.92 Å². The molecule has 4 heteroatoms. The first-order valence-electron chi connectivity index (χ1n) is 6.01. The molecule has 17 heavy (non-hydrogen) atoms. The molecule has 0 bridgehead atoms. The number of likely N-dealkylation sites (N-methyl/N-ethyl adjacent to an activating group) is 1. The average Bonchev–Trinajstić information content (AvgIpc) is 2.23. The number of nitrogens with zero attached hydrogens (tertiary/aromatic N) is 2. The van der Waals surface area contributed by atoms with Crippen molar-refractivity contribution in [3.05, 3.63) is 23.5 Å². The highest BCUT2D eigenvalue weighted by Gasteiger charge is 2.12. The van der Waals surface area contributed by atoms with Gasteiger partial charge in [0.2, 0.25) is 0 Å². The number of aromatic nitrogens is 1. The van der Waals surface area contributed by atoms with Crippen LogP contribution in [0.2, 0.25) is 5.15 Å². The lowest BCUT2D eigenvalue weighted by Crippen LogP contribution is -2.35. The van der Waals surface area contributed by atoms with E-state index >= 15 is 0 Å². The zero-order valence-electron chi connectivity index (χ0n) is 11.1. The van der Waals surface area contributed by atoms with Gasteiger partial charge in [0.1, 0.15) is 5.15 Å². The molecule has 3 nitrogen and oxygen atoms in total. The van der Waals surface area contributed by atoms with E-state index in [1.54, 1.807) is 6.20 Å². The van der Waals surface area contributed by atoms with E-state index in [1.807, 2.05) is 12.1 Å². The van der Waals surface area contributed by atoms with Crippen LogP contribution in [0.25, 0.3) is 0 Å². The molecular formula is C13H22ClN3. The number of hydrogen-bond acceptors (Lipinski definition) is 3. The molecule has 1 aromatic rings. The minimum Gasteiger partial charge on any atom is -0.383 e. The maximum atomic E-state index is 5.85. The van der Waals surface area contributed by atoms with Crippen molar-refractivity contribution in [2.45, 2.75) is 26.3 Å².